The van der Waals surface area contributed by atoms with Crippen LogP contribution in [0.2, 0.25) is 0 Å². The first kappa shape index (κ1) is 12.3. The summed E-state index contributed by atoms with van der Waals surface area (Å²) in [6.07, 6.45) is 4.88. The molecular formula is C16H20N2O. The van der Waals surface area contributed by atoms with Crippen LogP contribution in [0.25, 0.3) is 0 Å². The van der Waals surface area contributed by atoms with Crippen LogP contribution in [0.3, 0.4) is 0 Å². The lowest BCUT2D eigenvalue weighted by molar-refractivity contribution is 0.169. The first-order valence-electron chi connectivity index (χ1n) is 6.90. The van der Waals surface area contributed by atoms with Crippen LogP contribution in [0.5, 0.6) is 0 Å². The Morgan fingerprint density at radius 1 is 1.21 bits per heavy atom. The van der Waals surface area contributed by atoms with Crippen LogP contribution in [0.1, 0.15) is 24.4 Å². The standard InChI is InChI=1S/C16H20N2O/c1-17(2)16(19)18-11-14(12-8-9-12)10-15(18)13-6-4-3-5-7-13/h3-7,10,12,15H,8-9,11H2,1-2H3/t15-/m0/s1. The molecule has 1 fully saturated rings. The van der Waals surface area contributed by atoms with E-state index in [1.165, 1.54) is 24.0 Å². The van der Waals surface area contributed by atoms with Crippen LogP contribution in [0.15, 0.2) is 42.0 Å². The molecule has 1 aliphatic carbocycles. The van der Waals surface area contributed by atoms with Crippen molar-refractivity contribution in [3.05, 3.63) is 47.5 Å². The van der Waals surface area contributed by atoms with Crippen molar-refractivity contribution in [2.75, 3.05) is 20.6 Å². The fourth-order valence-corrected chi connectivity index (χ4v) is 2.73. The van der Waals surface area contributed by atoms with Crippen LogP contribution in [0.4, 0.5) is 4.79 Å². The van der Waals surface area contributed by atoms with Gasteiger partial charge in [0.1, 0.15) is 0 Å². The maximum atomic E-state index is 12.3. The van der Waals surface area contributed by atoms with Crippen molar-refractivity contribution in [3.63, 3.8) is 0 Å². The molecule has 1 saturated carbocycles. The van der Waals surface area contributed by atoms with E-state index in [4.69, 9.17) is 0 Å². The van der Waals surface area contributed by atoms with Crippen LogP contribution in [-0.4, -0.2) is 36.5 Å². The van der Waals surface area contributed by atoms with Crippen LogP contribution in [0, 0.1) is 5.92 Å². The second-order valence-electron chi connectivity index (χ2n) is 5.68. The Morgan fingerprint density at radius 3 is 2.47 bits per heavy atom. The lowest BCUT2D eigenvalue weighted by atomic mass is 10.1. The summed E-state index contributed by atoms with van der Waals surface area (Å²) in [4.78, 5) is 16.0. The van der Waals surface area contributed by atoms with E-state index in [9.17, 15) is 4.79 Å². The lowest BCUT2D eigenvalue weighted by Gasteiger charge is -2.28. The van der Waals surface area contributed by atoms with Gasteiger partial charge in [-0.1, -0.05) is 36.4 Å². The maximum Gasteiger partial charge on any atom is 0.320 e. The second-order valence-corrected chi connectivity index (χ2v) is 5.68. The zero-order chi connectivity index (χ0) is 13.4. The van der Waals surface area contributed by atoms with E-state index in [0.29, 0.717) is 0 Å². The molecule has 19 heavy (non-hydrogen) atoms. The van der Waals surface area contributed by atoms with E-state index in [-0.39, 0.29) is 12.1 Å². The van der Waals surface area contributed by atoms with Gasteiger partial charge in [0.2, 0.25) is 0 Å². The van der Waals surface area contributed by atoms with Gasteiger partial charge in [-0.25, -0.2) is 4.79 Å². The Balaban J connectivity index is 1.89. The van der Waals surface area contributed by atoms with Crippen molar-refractivity contribution >= 4 is 6.03 Å². The van der Waals surface area contributed by atoms with Gasteiger partial charge in [-0.05, 0) is 29.9 Å². The second kappa shape index (κ2) is 4.72. The van der Waals surface area contributed by atoms with Crippen molar-refractivity contribution in [1.82, 2.24) is 9.80 Å². The summed E-state index contributed by atoms with van der Waals surface area (Å²) < 4.78 is 0. The summed E-state index contributed by atoms with van der Waals surface area (Å²) in [5.74, 6) is 0.728. The Kier molecular flexibility index (Phi) is 3.05. The molecular weight excluding hydrogens is 236 g/mol. The minimum Gasteiger partial charge on any atom is -0.331 e. The minimum atomic E-state index is 0.0979. The van der Waals surface area contributed by atoms with Crippen LogP contribution < -0.4 is 0 Å². The first-order valence-corrected chi connectivity index (χ1v) is 6.90. The van der Waals surface area contributed by atoms with Gasteiger partial charge in [0.05, 0.1) is 6.04 Å². The molecule has 1 aromatic carbocycles. The number of nitrogens with zero attached hydrogens (tertiary/aromatic N) is 2. The third-order valence-electron chi connectivity index (χ3n) is 3.93. The Bertz CT molecular complexity index is 503. The summed E-state index contributed by atoms with van der Waals surface area (Å²) in [7, 11) is 3.64. The summed E-state index contributed by atoms with van der Waals surface area (Å²) in [5.41, 5.74) is 2.65. The maximum absolute atomic E-state index is 12.3. The van der Waals surface area contributed by atoms with E-state index in [1.54, 1.807) is 4.90 Å². The zero-order valence-corrected chi connectivity index (χ0v) is 11.5. The molecule has 2 aliphatic rings. The molecule has 1 heterocycles. The third-order valence-corrected chi connectivity index (χ3v) is 3.93. The molecule has 0 radical (unpaired) electrons. The van der Waals surface area contributed by atoms with Crippen molar-refractivity contribution in [1.29, 1.82) is 0 Å². The van der Waals surface area contributed by atoms with Gasteiger partial charge >= 0.3 is 6.03 Å². The van der Waals surface area contributed by atoms with Crippen molar-refractivity contribution in [2.45, 2.75) is 18.9 Å². The molecule has 3 nitrogen and oxygen atoms in total. The number of benzene rings is 1. The highest BCUT2D eigenvalue weighted by molar-refractivity contribution is 5.76. The van der Waals surface area contributed by atoms with Gasteiger partial charge in [0.15, 0.2) is 0 Å². The quantitative estimate of drug-likeness (QED) is 0.746. The minimum absolute atomic E-state index is 0.0979. The number of hydrogen-bond acceptors (Lipinski definition) is 1. The molecule has 0 bridgehead atoms. The van der Waals surface area contributed by atoms with Gasteiger partial charge < -0.3 is 9.80 Å². The molecule has 0 N–H and O–H groups in total. The topological polar surface area (TPSA) is 23.6 Å². The molecule has 3 rings (SSSR count). The average molecular weight is 256 g/mol. The number of rotatable bonds is 2. The number of hydrogen-bond donors (Lipinski definition) is 0. The smallest absolute Gasteiger partial charge is 0.320 e. The van der Waals surface area contributed by atoms with Crippen molar-refractivity contribution in [3.8, 4) is 0 Å². The van der Waals surface area contributed by atoms with Gasteiger partial charge in [0.25, 0.3) is 0 Å². The fraction of sp³-hybridized carbons (Fsp3) is 0.438. The predicted molar refractivity (Wildman–Crippen MR) is 75.8 cm³/mol. The van der Waals surface area contributed by atoms with Gasteiger partial charge in [-0.3, -0.25) is 0 Å². The highest BCUT2D eigenvalue weighted by Crippen LogP contribution is 2.43. The highest BCUT2D eigenvalue weighted by Gasteiger charge is 2.36. The zero-order valence-electron chi connectivity index (χ0n) is 11.5. The highest BCUT2D eigenvalue weighted by atomic mass is 16.2. The molecule has 0 aromatic heterocycles. The molecule has 3 heteroatoms. The molecule has 1 aromatic rings. The number of urea groups is 1. The van der Waals surface area contributed by atoms with Crippen LogP contribution in [-0.2, 0) is 0 Å². The largest absolute Gasteiger partial charge is 0.331 e. The molecule has 0 unspecified atom stereocenters. The van der Waals surface area contributed by atoms with E-state index in [0.717, 1.165) is 12.5 Å². The molecule has 2 amide bonds. The Hall–Kier alpha value is -1.77. The molecule has 0 spiro atoms. The average Bonchev–Trinajstić information content (AvgIpc) is 3.18. The normalized spacial score (nSPS) is 22.3. The van der Waals surface area contributed by atoms with Crippen LogP contribution >= 0.6 is 0 Å². The van der Waals surface area contributed by atoms with Crippen molar-refractivity contribution < 1.29 is 4.79 Å². The monoisotopic (exact) mass is 256 g/mol. The summed E-state index contributed by atoms with van der Waals surface area (Å²) in [6, 6.07) is 10.5. The van der Waals surface area contributed by atoms with Gasteiger partial charge in [-0.2, -0.15) is 0 Å². The van der Waals surface area contributed by atoms with E-state index >= 15 is 0 Å². The van der Waals surface area contributed by atoms with Crippen molar-refractivity contribution in [2.24, 2.45) is 5.92 Å². The van der Waals surface area contributed by atoms with Gasteiger partial charge in [0, 0.05) is 20.6 Å². The van der Waals surface area contributed by atoms with E-state index in [1.807, 2.05) is 37.2 Å². The summed E-state index contributed by atoms with van der Waals surface area (Å²) in [5, 5.41) is 0. The summed E-state index contributed by atoms with van der Waals surface area (Å²) in [6.45, 7) is 0.793. The first-order chi connectivity index (χ1) is 9.16. The lowest BCUT2D eigenvalue weighted by Crippen LogP contribution is -2.39. The van der Waals surface area contributed by atoms with E-state index < -0.39 is 0 Å². The molecule has 1 aliphatic heterocycles. The number of carbonyl (C=O) groups is 1. The Labute approximate surface area is 114 Å². The molecule has 1 atom stereocenters. The molecule has 0 saturated heterocycles. The fourth-order valence-electron chi connectivity index (χ4n) is 2.73. The SMILES string of the molecule is CN(C)C(=O)N1CC(C2CC2)=C[C@H]1c1ccccc1. The third kappa shape index (κ3) is 2.37. The van der Waals surface area contributed by atoms with Gasteiger partial charge in [-0.15, -0.1) is 0 Å². The van der Waals surface area contributed by atoms with E-state index in [2.05, 4.69) is 18.2 Å². The number of carbonyl (C=O) groups excluding carboxylic acids is 1. The summed E-state index contributed by atoms with van der Waals surface area (Å²) >= 11 is 0. The molecule has 100 valence electrons. The predicted octanol–water partition coefficient (Wildman–Crippen LogP) is 3.06. The number of amides is 2. The Morgan fingerprint density at radius 2 is 1.89 bits per heavy atom.